The van der Waals surface area contributed by atoms with Crippen molar-refractivity contribution in [3.63, 3.8) is 0 Å². The van der Waals surface area contributed by atoms with E-state index in [1.807, 2.05) is 32.0 Å². The lowest BCUT2D eigenvalue weighted by Crippen LogP contribution is -2.07. The lowest BCUT2D eigenvalue weighted by Gasteiger charge is -2.17. The zero-order valence-electron chi connectivity index (χ0n) is 12.1. The summed E-state index contributed by atoms with van der Waals surface area (Å²) in [5, 5.41) is 12.2. The summed E-state index contributed by atoms with van der Waals surface area (Å²) in [5.74, 6) is -1.72. The lowest BCUT2D eigenvalue weighted by atomic mass is 10.0. The third kappa shape index (κ3) is 3.05. The van der Waals surface area contributed by atoms with Crippen molar-refractivity contribution in [2.24, 2.45) is 0 Å². The first kappa shape index (κ1) is 15.0. The number of aromatic carboxylic acids is 1. The second-order valence-corrected chi connectivity index (χ2v) is 4.75. The van der Waals surface area contributed by atoms with Crippen molar-refractivity contribution in [2.75, 3.05) is 5.32 Å². The van der Waals surface area contributed by atoms with Gasteiger partial charge in [-0.05, 0) is 36.1 Å². The van der Waals surface area contributed by atoms with E-state index in [0.29, 0.717) is 0 Å². The highest BCUT2D eigenvalue weighted by molar-refractivity contribution is 5.95. The van der Waals surface area contributed by atoms with Gasteiger partial charge in [0.05, 0.1) is 11.3 Å². The lowest BCUT2D eigenvalue weighted by molar-refractivity contribution is 0.0697. The van der Waals surface area contributed by atoms with Gasteiger partial charge in [-0.15, -0.1) is 0 Å². The predicted molar refractivity (Wildman–Crippen MR) is 81.8 cm³/mol. The van der Waals surface area contributed by atoms with E-state index < -0.39 is 11.8 Å². The molecule has 0 aliphatic carbocycles. The average Bonchev–Trinajstić information content (AvgIpc) is 2.49. The Labute approximate surface area is 123 Å². The van der Waals surface area contributed by atoms with Gasteiger partial charge in [-0.3, -0.25) is 0 Å². The largest absolute Gasteiger partial charge is 0.478 e. The van der Waals surface area contributed by atoms with Gasteiger partial charge in [-0.2, -0.15) is 0 Å². The van der Waals surface area contributed by atoms with Gasteiger partial charge in [0.2, 0.25) is 0 Å². The molecule has 110 valence electrons. The molecule has 0 bridgehead atoms. The number of hydrogen-bond donors (Lipinski definition) is 2. The number of carboxylic acid groups (broad SMARTS) is 1. The molecule has 0 aliphatic rings. The van der Waals surface area contributed by atoms with Gasteiger partial charge in [0.25, 0.3) is 0 Å². The number of carbonyl (C=O) groups is 1. The summed E-state index contributed by atoms with van der Waals surface area (Å²) in [4.78, 5) is 11.3. The molecule has 2 aromatic rings. The standard InChI is InChI=1S/C17H18FNO2/c1-3-11-7-5-8-12(4-2)15(11)19-16-13(17(20)21)9-6-10-14(16)18/h5-10,19H,3-4H2,1-2H3,(H,20,21). The molecular formula is C17H18FNO2. The molecule has 21 heavy (non-hydrogen) atoms. The molecule has 0 spiro atoms. The molecule has 0 aliphatic heterocycles. The van der Waals surface area contributed by atoms with Crippen molar-refractivity contribution in [1.82, 2.24) is 0 Å². The van der Waals surface area contributed by atoms with Crippen LogP contribution in [0.15, 0.2) is 36.4 Å². The van der Waals surface area contributed by atoms with Crippen LogP contribution in [-0.2, 0) is 12.8 Å². The van der Waals surface area contributed by atoms with E-state index in [0.717, 1.165) is 29.7 Å². The third-order valence-corrected chi connectivity index (χ3v) is 3.49. The normalized spacial score (nSPS) is 10.4. The van der Waals surface area contributed by atoms with E-state index in [4.69, 9.17) is 0 Å². The van der Waals surface area contributed by atoms with E-state index in [9.17, 15) is 14.3 Å². The van der Waals surface area contributed by atoms with Gasteiger partial charge in [0.1, 0.15) is 5.82 Å². The predicted octanol–water partition coefficient (Wildman–Crippen LogP) is 4.39. The van der Waals surface area contributed by atoms with Crippen molar-refractivity contribution >= 4 is 17.3 Å². The summed E-state index contributed by atoms with van der Waals surface area (Å²) in [6.45, 7) is 4.03. The summed E-state index contributed by atoms with van der Waals surface area (Å²) in [5.41, 5.74) is 2.82. The number of hydrogen-bond acceptors (Lipinski definition) is 2. The maximum absolute atomic E-state index is 14.0. The molecule has 0 saturated heterocycles. The Balaban J connectivity index is 2.55. The quantitative estimate of drug-likeness (QED) is 0.857. The Morgan fingerprint density at radius 3 is 2.14 bits per heavy atom. The van der Waals surface area contributed by atoms with Crippen LogP contribution in [0.4, 0.5) is 15.8 Å². The summed E-state index contributed by atoms with van der Waals surface area (Å²) in [6, 6.07) is 9.94. The minimum absolute atomic E-state index is 0.0144. The minimum Gasteiger partial charge on any atom is -0.478 e. The van der Waals surface area contributed by atoms with Gasteiger partial charge in [-0.1, -0.05) is 38.1 Å². The van der Waals surface area contributed by atoms with E-state index in [-0.39, 0.29) is 11.3 Å². The van der Waals surface area contributed by atoms with E-state index >= 15 is 0 Å². The van der Waals surface area contributed by atoms with Crippen LogP contribution in [0.3, 0.4) is 0 Å². The van der Waals surface area contributed by atoms with Gasteiger partial charge >= 0.3 is 5.97 Å². The van der Waals surface area contributed by atoms with Crippen LogP contribution < -0.4 is 5.32 Å². The molecule has 0 fully saturated rings. The number of aryl methyl sites for hydroxylation is 2. The number of halogens is 1. The number of nitrogens with one attached hydrogen (secondary N) is 1. The van der Waals surface area contributed by atoms with E-state index in [1.54, 1.807) is 0 Å². The maximum atomic E-state index is 14.0. The van der Waals surface area contributed by atoms with Crippen molar-refractivity contribution in [1.29, 1.82) is 0 Å². The number of anilines is 2. The van der Waals surface area contributed by atoms with Gasteiger partial charge in [0, 0.05) is 5.69 Å². The van der Waals surface area contributed by atoms with Crippen LogP contribution in [0.2, 0.25) is 0 Å². The Bertz CT molecular complexity index is 646. The second kappa shape index (κ2) is 6.39. The maximum Gasteiger partial charge on any atom is 0.337 e. The highest BCUT2D eigenvalue weighted by Crippen LogP contribution is 2.30. The fraction of sp³-hybridized carbons (Fsp3) is 0.235. The van der Waals surface area contributed by atoms with Crippen LogP contribution in [-0.4, -0.2) is 11.1 Å². The topological polar surface area (TPSA) is 49.3 Å². The van der Waals surface area contributed by atoms with E-state index in [2.05, 4.69) is 5.32 Å². The number of para-hydroxylation sites is 2. The first-order valence-corrected chi connectivity index (χ1v) is 6.98. The minimum atomic E-state index is -1.15. The van der Waals surface area contributed by atoms with Crippen LogP contribution in [0.5, 0.6) is 0 Å². The molecule has 0 saturated carbocycles. The molecule has 2 N–H and O–H groups in total. The van der Waals surface area contributed by atoms with Crippen LogP contribution in [0.25, 0.3) is 0 Å². The first-order chi connectivity index (χ1) is 10.1. The zero-order chi connectivity index (χ0) is 15.4. The molecule has 0 aromatic heterocycles. The molecule has 2 aromatic carbocycles. The summed E-state index contributed by atoms with van der Waals surface area (Å²) >= 11 is 0. The molecule has 0 unspecified atom stereocenters. The molecule has 0 heterocycles. The van der Waals surface area contributed by atoms with Crippen molar-refractivity contribution < 1.29 is 14.3 Å². The summed E-state index contributed by atoms with van der Waals surface area (Å²) < 4.78 is 14.0. The Morgan fingerprint density at radius 2 is 1.62 bits per heavy atom. The van der Waals surface area contributed by atoms with Gasteiger partial charge in [-0.25, -0.2) is 9.18 Å². The fourth-order valence-electron chi connectivity index (χ4n) is 2.36. The monoisotopic (exact) mass is 287 g/mol. The Kier molecular flexibility index (Phi) is 4.58. The zero-order valence-corrected chi connectivity index (χ0v) is 12.1. The molecule has 0 radical (unpaired) electrons. The van der Waals surface area contributed by atoms with Crippen LogP contribution >= 0.6 is 0 Å². The Hall–Kier alpha value is -2.36. The number of carboxylic acids is 1. The molecule has 4 heteroatoms. The van der Waals surface area contributed by atoms with Crippen molar-refractivity contribution in [3.8, 4) is 0 Å². The first-order valence-electron chi connectivity index (χ1n) is 6.98. The molecule has 3 nitrogen and oxygen atoms in total. The second-order valence-electron chi connectivity index (χ2n) is 4.75. The Morgan fingerprint density at radius 1 is 1.05 bits per heavy atom. The van der Waals surface area contributed by atoms with Gasteiger partial charge in [0.15, 0.2) is 0 Å². The number of benzene rings is 2. The molecule has 2 rings (SSSR count). The number of rotatable bonds is 5. The SMILES string of the molecule is CCc1cccc(CC)c1Nc1c(F)cccc1C(=O)O. The van der Waals surface area contributed by atoms with Crippen molar-refractivity contribution in [2.45, 2.75) is 26.7 Å². The highest BCUT2D eigenvalue weighted by Gasteiger charge is 2.16. The molecule has 0 amide bonds. The summed E-state index contributed by atoms with van der Waals surface area (Å²) in [6.07, 6.45) is 1.57. The van der Waals surface area contributed by atoms with E-state index in [1.165, 1.54) is 18.2 Å². The van der Waals surface area contributed by atoms with Crippen molar-refractivity contribution in [3.05, 3.63) is 58.9 Å². The third-order valence-electron chi connectivity index (χ3n) is 3.49. The van der Waals surface area contributed by atoms with Crippen LogP contribution in [0.1, 0.15) is 35.3 Å². The fourth-order valence-corrected chi connectivity index (χ4v) is 2.36. The highest BCUT2D eigenvalue weighted by atomic mass is 19.1. The summed E-state index contributed by atoms with van der Waals surface area (Å²) in [7, 11) is 0. The molecule has 0 atom stereocenters. The molecular weight excluding hydrogens is 269 g/mol. The average molecular weight is 287 g/mol. The van der Waals surface area contributed by atoms with Gasteiger partial charge < -0.3 is 10.4 Å². The smallest absolute Gasteiger partial charge is 0.337 e. The van der Waals surface area contributed by atoms with Crippen LogP contribution in [0, 0.1) is 5.82 Å².